The van der Waals surface area contributed by atoms with Gasteiger partial charge >= 0.3 is 0 Å². The Bertz CT molecular complexity index is 1420. The molecule has 1 heterocycles. The van der Waals surface area contributed by atoms with Gasteiger partial charge in [0.1, 0.15) is 0 Å². The van der Waals surface area contributed by atoms with Crippen molar-refractivity contribution in [3.05, 3.63) is 120 Å². The second-order valence-corrected chi connectivity index (χ2v) is 7.88. The number of amides is 1. The van der Waals surface area contributed by atoms with Crippen molar-refractivity contribution in [2.45, 2.75) is 0 Å². The van der Waals surface area contributed by atoms with Gasteiger partial charge < -0.3 is 5.32 Å². The van der Waals surface area contributed by atoms with Crippen LogP contribution in [0.4, 0.5) is 5.69 Å². The van der Waals surface area contributed by atoms with Crippen LogP contribution in [-0.4, -0.2) is 10.9 Å². The predicted molar refractivity (Wildman–Crippen MR) is 132 cm³/mol. The molecule has 3 nitrogen and oxygen atoms in total. The van der Waals surface area contributed by atoms with Crippen LogP contribution in [-0.2, 0) is 0 Å². The van der Waals surface area contributed by atoms with E-state index in [1.165, 1.54) is 0 Å². The summed E-state index contributed by atoms with van der Waals surface area (Å²) >= 11 is 6.30. The van der Waals surface area contributed by atoms with Crippen LogP contribution in [0.1, 0.15) is 10.4 Å². The van der Waals surface area contributed by atoms with Crippen LogP contribution in [0.5, 0.6) is 0 Å². The molecule has 1 aromatic heterocycles. The summed E-state index contributed by atoms with van der Waals surface area (Å²) in [4.78, 5) is 17.7. The van der Waals surface area contributed by atoms with E-state index in [2.05, 4.69) is 23.5 Å². The number of anilines is 1. The number of aromatic nitrogens is 1. The SMILES string of the molecule is O=C(Nc1ccccc1-c1cc(-c2ccccc2)c2cc(Cl)ccc2n1)c1ccccc1. The summed E-state index contributed by atoms with van der Waals surface area (Å²) in [6.45, 7) is 0. The van der Waals surface area contributed by atoms with E-state index in [1.54, 1.807) is 12.1 Å². The maximum Gasteiger partial charge on any atom is 0.255 e. The predicted octanol–water partition coefficient (Wildman–Crippen LogP) is 7.47. The number of carbonyl (C=O) groups is 1. The number of nitrogens with zero attached hydrogens (tertiary/aromatic N) is 1. The number of hydrogen-bond donors (Lipinski definition) is 1. The third-order valence-electron chi connectivity index (χ3n) is 5.34. The normalized spacial score (nSPS) is 10.8. The highest BCUT2D eigenvalue weighted by atomic mass is 35.5. The van der Waals surface area contributed by atoms with E-state index in [0.717, 1.165) is 33.3 Å². The average molecular weight is 435 g/mol. The molecule has 0 unspecified atom stereocenters. The molecule has 0 aliphatic carbocycles. The second-order valence-electron chi connectivity index (χ2n) is 7.45. The Kier molecular flexibility index (Phi) is 5.40. The Balaban J connectivity index is 1.65. The van der Waals surface area contributed by atoms with Gasteiger partial charge in [-0.25, -0.2) is 4.98 Å². The Morgan fingerprint density at radius 1 is 0.719 bits per heavy atom. The smallest absolute Gasteiger partial charge is 0.255 e. The maximum atomic E-state index is 12.8. The molecule has 1 amide bonds. The van der Waals surface area contributed by atoms with Gasteiger partial charge in [-0.15, -0.1) is 0 Å². The van der Waals surface area contributed by atoms with E-state index >= 15 is 0 Å². The first-order valence-electron chi connectivity index (χ1n) is 10.3. The van der Waals surface area contributed by atoms with Crippen LogP contribution >= 0.6 is 11.6 Å². The monoisotopic (exact) mass is 434 g/mol. The molecule has 5 rings (SSSR count). The maximum absolute atomic E-state index is 12.8. The van der Waals surface area contributed by atoms with Gasteiger partial charge in [0.25, 0.3) is 5.91 Å². The second kappa shape index (κ2) is 8.66. The number of hydrogen-bond acceptors (Lipinski definition) is 2. The Morgan fingerprint density at radius 2 is 1.41 bits per heavy atom. The third kappa shape index (κ3) is 3.98. The van der Waals surface area contributed by atoms with Crippen LogP contribution in [0.2, 0.25) is 5.02 Å². The topological polar surface area (TPSA) is 42.0 Å². The fourth-order valence-corrected chi connectivity index (χ4v) is 3.96. The molecule has 0 radical (unpaired) electrons. The van der Waals surface area contributed by atoms with Crippen molar-refractivity contribution in [3.63, 3.8) is 0 Å². The van der Waals surface area contributed by atoms with Gasteiger partial charge in [0, 0.05) is 21.5 Å². The third-order valence-corrected chi connectivity index (χ3v) is 5.58. The highest BCUT2D eigenvalue weighted by Gasteiger charge is 2.14. The average Bonchev–Trinajstić information content (AvgIpc) is 2.85. The molecule has 0 aliphatic rings. The molecule has 0 saturated heterocycles. The molecule has 0 spiro atoms. The Labute approximate surface area is 191 Å². The van der Waals surface area contributed by atoms with E-state index in [9.17, 15) is 4.79 Å². The summed E-state index contributed by atoms with van der Waals surface area (Å²) in [5.41, 5.74) is 5.91. The molecule has 0 fully saturated rings. The minimum absolute atomic E-state index is 0.158. The lowest BCUT2D eigenvalue weighted by Crippen LogP contribution is -2.12. The lowest BCUT2D eigenvalue weighted by atomic mass is 9.98. The van der Waals surface area contributed by atoms with Crippen LogP contribution in [0, 0.1) is 0 Å². The number of benzene rings is 4. The zero-order valence-corrected chi connectivity index (χ0v) is 17.9. The van der Waals surface area contributed by atoms with Crippen LogP contribution < -0.4 is 5.32 Å². The largest absolute Gasteiger partial charge is 0.321 e. The van der Waals surface area contributed by atoms with Crippen molar-refractivity contribution in [1.29, 1.82) is 0 Å². The molecular formula is C28H19ClN2O. The van der Waals surface area contributed by atoms with E-state index in [1.807, 2.05) is 78.9 Å². The summed E-state index contributed by atoms with van der Waals surface area (Å²) < 4.78 is 0. The number of halogens is 1. The fraction of sp³-hybridized carbons (Fsp3) is 0. The quantitative estimate of drug-likeness (QED) is 0.318. The summed E-state index contributed by atoms with van der Waals surface area (Å²) in [7, 11) is 0. The van der Waals surface area contributed by atoms with Gasteiger partial charge in [-0.05, 0) is 53.6 Å². The molecule has 5 aromatic rings. The Hall–Kier alpha value is -3.95. The first-order valence-corrected chi connectivity index (χ1v) is 10.7. The summed E-state index contributed by atoms with van der Waals surface area (Å²) in [5.74, 6) is -0.158. The molecule has 0 aliphatic heterocycles. The van der Waals surface area contributed by atoms with Gasteiger partial charge in [0.15, 0.2) is 0 Å². The minimum atomic E-state index is -0.158. The number of para-hydroxylation sites is 1. The number of carbonyl (C=O) groups excluding carboxylic acids is 1. The highest BCUT2D eigenvalue weighted by molar-refractivity contribution is 6.31. The van der Waals surface area contributed by atoms with E-state index < -0.39 is 0 Å². The highest BCUT2D eigenvalue weighted by Crippen LogP contribution is 2.35. The summed E-state index contributed by atoms with van der Waals surface area (Å²) in [6.07, 6.45) is 0. The summed E-state index contributed by atoms with van der Waals surface area (Å²) in [5, 5.41) is 4.69. The van der Waals surface area contributed by atoms with Gasteiger partial charge in [0.2, 0.25) is 0 Å². The number of pyridine rings is 1. The molecule has 32 heavy (non-hydrogen) atoms. The lowest BCUT2D eigenvalue weighted by molar-refractivity contribution is 0.102. The van der Waals surface area contributed by atoms with Crippen molar-refractivity contribution < 1.29 is 4.79 Å². The first kappa shape index (κ1) is 20.0. The number of fused-ring (bicyclic) bond motifs is 1. The number of nitrogens with one attached hydrogen (secondary N) is 1. The van der Waals surface area contributed by atoms with Crippen molar-refractivity contribution >= 4 is 34.1 Å². The van der Waals surface area contributed by atoms with Crippen molar-refractivity contribution in [1.82, 2.24) is 4.98 Å². The molecule has 1 N–H and O–H groups in total. The minimum Gasteiger partial charge on any atom is -0.321 e. The molecule has 0 atom stereocenters. The van der Waals surface area contributed by atoms with Gasteiger partial charge in [-0.2, -0.15) is 0 Å². The van der Waals surface area contributed by atoms with Crippen molar-refractivity contribution in [2.24, 2.45) is 0 Å². The van der Waals surface area contributed by atoms with Crippen LogP contribution in [0.3, 0.4) is 0 Å². The van der Waals surface area contributed by atoms with Crippen LogP contribution in [0.25, 0.3) is 33.3 Å². The van der Waals surface area contributed by atoms with Crippen LogP contribution in [0.15, 0.2) is 109 Å². The first-order chi connectivity index (χ1) is 15.7. The zero-order chi connectivity index (χ0) is 21.9. The molecule has 4 heteroatoms. The van der Waals surface area contributed by atoms with E-state index in [-0.39, 0.29) is 5.91 Å². The molecule has 4 aromatic carbocycles. The zero-order valence-electron chi connectivity index (χ0n) is 17.1. The van der Waals surface area contributed by atoms with Gasteiger partial charge in [0.05, 0.1) is 16.9 Å². The van der Waals surface area contributed by atoms with E-state index in [4.69, 9.17) is 16.6 Å². The molecule has 154 valence electrons. The van der Waals surface area contributed by atoms with Gasteiger partial charge in [-0.3, -0.25) is 4.79 Å². The standard InChI is InChI=1S/C28H19ClN2O/c29-21-15-16-26-24(17-21)23(19-9-3-1-4-10-19)18-27(30-26)22-13-7-8-14-25(22)31-28(32)20-11-5-2-6-12-20/h1-18H,(H,31,32). The van der Waals surface area contributed by atoms with E-state index in [0.29, 0.717) is 16.3 Å². The number of rotatable bonds is 4. The van der Waals surface area contributed by atoms with Crippen molar-refractivity contribution in [3.8, 4) is 22.4 Å². The van der Waals surface area contributed by atoms with Crippen molar-refractivity contribution in [2.75, 3.05) is 5.32 Å². The summed E-state index contributed by atoms with van der Waals surface area (Å²) in [6, 6.07) is 34.8. The Morgan fingerprint density at radius 3 is 2.19 bits per heavy atom. The van der Waals surface area contributed by atoms with Gasteiger partial charge in [-0.1, -0.05) is 78.3 Å². The molecular weight excluding hydrogens is 416 g/mol. The fourth-order valence-electron chi connectivity index (χ4n) is 3.79. The molecule has 0 bridgehead atoms. The molecule has 0 saturated carbocycles. The lowest BCUT2D eigenvalue weighted by Gasteiger charge is -2.14.